The summed E-state index contributed by atoms with van der Waals surface area (Å²) in [6, 6.07) is 23.6. The maximum atomic E-state index is 13.3. The number of sulfonamides is 1. The fraction of sp³-hybridized carbons (Fsp3) is 0.240. The van der Waals surface area contributed by atoms with Crippen LogP contribution in [0.3, 0.4) is 0 Å². The molecule has 2 heterocycles. The van der Waals surface area contributed by atoms with Crippen LogP contribution in [0.25, 0.3) is 0 Å². The molecule has 7 heteroatoms. The van der Waals surface area contributed by atoms with Crippen molar-refractivity contribution in [2.24, 2.45) is 5.14 Å². The van der Waals surface area contributed by atoms with Crippen LogP contribution in [0.4, 0.5) is 5.69 Å². The summed E-state index contributed by atoms with van der Waals surface area (Å²) in [5, 5.41) is 5.25. The van der Waals surface area contributed by atoms with Crippen LogP contribution >= 0.6 is 0 Å². The SMILES string of the molecule is NS(=O)(=O)c1ccc2c(c1)CCN2C(=O)CN1Cc2ccccc2C(c2ccccc2)C1. The predicted molar refractivity (Wildman–Crippen MR) is 124 cm³/mol. The maximum Gasteiger partial charge on any atom is 0.241 e. The van der Waals surface area contributed by atoms with Gasteiger partial charge >= 0.3 is 0 Å². The van der Waals surface area contributed by atoms with Gasteiger partial charge in [0.2, 0.25) is 15.9 Å². The highest BCUT2D eigenvalue weighted by Gasteiger charge is 2.31. The van der Waals surface area contributed by atoms with Crippen LogP contribution in [-0.4, -0.2) is 38.9 Å². The number of nitrogens with zero attached hydrogens (tertiary/aromatic N) is 2. The smallest absolute Gasteiger partial charge is 0.241 e. The lowest BCUT2D eigenvalue weighted by molar-refractivity contribution is -0.119. The minimum absolute atomic E-state index is 0.0262. The van der Waals surface area contributed by atoms with Crippen molar-refractivity contribution in [3.8, 4) is 0 Å². The number of carbonyl (C=O) groups is 1. The van der Waals surface area contributed by atoms with Crippen LogP contribution in [0.15, 0.2) is 77.7 Å². The van der Waals surface area contributed by atoms with Crippen LogP contribution in [0, 0.1) is 0 Å². The molecular weight excluding hydrogens is 422 g/mol. The molecule has 0 saturated heterocycles. The largest absolute Gasteiger partial charge is 0.311 e. The number of anilines is 1. The van der Waals surface area contributed by atoms with Crippen molar-refractivity contribution in [1.82, 2.24) is 4.90 Å². The third-order valence-corrected chi connectivity index (χ3v) is 7.31. The van der Waals surface area contributed by atoms with Crippen LogP contribution in [-0.2, 0) is 27.8 Å². The van der Waals surface area contributed by atoms with Gasteiger partial charge in [0.1, 0.15) is 0 Å². The van der Waals surface area contributed by atoms with E-state index in [9.17, 15) is 13.2 Å². The Balaban J connectivity index is 1.37. The summed E-state index contributed by atoms with van der Waals surface area (Å²) in [4.78, 5) is 17.3. The molecule has 164 valence electrons. The Bertz CT molecular complexity index is 1270. The summed E-state index contributed by atoms with van der Waals surface area (Å²) < 4.78 is 23.3. The van der Waals surface area contributed by atoms with Gasteiger partial charge in [0.05, 0.1) is 11.4 Å². The molecule has 3 aromatic carbocycles. The quantitative estimate of drug-likeness (QED) is 0.667. The Hall–Kier alpha value is -3.00. The number of nitrogens with two attached hydrogens (primary N) is 1. The number of fused-ring (bicyclic) bond motifs is 2. The first-order valence-corrected chi connectivity index (χ1v) is 12.3. The summed E-state index contributed by atoms with van der Waals surface area (Å²) >= 11 is 0. The first-order chi connectivity index (χ1) is 15.4. The van der Waals surface area contributed by atoms with Gasteiger partial charge < -0.3 is 4.90 Å². The summed E-state index contributed by atoms with van der Waals surface area (Å²) in [6.45, 7) is 2.37. The van der Waals surface area contributed by atoms with E-state index >= 15 is 0 Å². The van der Waals surface area contributed by atoms with Gasteiger partial charge in [-0.1, -0.05) is 54.6 Å². The van der Waals surface area contributed by atoms with Crippen molar-refractivity contribution in [3.05, 3.63) is 95.1 Å². The number of amides is 1. The van der Waals surface area contributed by atoms with Gasteiger partial charge in [0, 0.05) is 31.2 Å². The second-order valence-corrected chi connectivity index (χ2v) is 10.0. The molecule has 6 nitrogen and oxygen atoms in total. The zero-order valence-electron chi connectivity index (χ0n) is 17.6. The molecule has 5 rings (SSSR count). The first-order valence-electron chi connectivity index (χ1n) is 10.7. The van der Waals surface area contributed by atoms with E-state index in [4.69, 9.17) is 5.14 Å². The Kier molecular flexibility index (Phi) is 5.33. The summed E-state index contributed by atoms with van der Waals surface area (Å²) in [7, 11) is -3.76. The molecule has 3 aromatic rings. The monoisotopic (exact) mass is 447 g/mol. The average Bonchev–Trinajstić information content (AvgIpc) is 3.22. The van der Waals surface area contributed by atoms with Gasteiger partial charge in [-0.05, 0) is 46.9 Å². The average molecular weight is 448 g/mol. The van der Waals surface area contributed by atoms with Gasteiger partial charge in [-0.3, -0.25) is 9.69 Å². The van der Waals surface area contributed by atoms with E-state index in [2.05, 4.69) is 47.4 Å². The van der Waals surface area contributed by atoms with Crippen molar-refractivity contribution < 1.29 is 13.2 Å². The van der Waals surface area contributed by atoms with Gasteiger partial charge in [0.25, 0.3) is 0 Å². The fourth-order valence-electron chi connectivity index (χ4n) is 4.86. The predicted octanol–water partition coefficient (Wildman–Crippen LogP) is 2.87. The van der Waals surface area contributed by atoms with Crippen molar-refractivity contribution in [3.63, 3.8) is 0 Å². The lowest BCUT2D eigenvalue weighted by atomic mass is 9.84. The van der Waals surface area contributed by atoms with E-state index < -0.39 is 10.0 Å². The van der Waals surface area contributed by atoms with Gasteiger partial charge in [-0.25, -0.2) is 13.6 Å². The van der Waals surface area contributed by atoms with Gasteiger partial charge in [-0.15, -0.1) is 0 Å². The molecule has 0 aromatic heterocycles. The molecule has 2 N–H and O–H groups in total. The molecule has 2 aliphatic rings. The second-order valence-electron chi connectivity index (χ2n) is 8.46. The second kappa shape index (κ2) is 8.16. The number of hydrogen-bond donors (Lipinski definition) is 1. The van der Waals surface area contributed by atoms with Crippen molar-refractivity contribution in [2.45, 2.75) is 23.8 Å². The van der Waals surface area contributed by atoms with E-state index in [0.717, 1.165) is 24.3 Å². The zero-order chi connectivity index (χ0) is 22.3. The van der Waals surface area contributed by atoms with Crippen molar-refractivity contribution in [1.29, 1.82) is 0 Å². The zero-order valence-corrected chi connectivity index (χ0v) is 18.5. The molecule has 1 atom stereocenters. The van der Waals surface area contributed by atoms with Gasteiger partial charge in [-0.2, -0.15) is 0 Å². The van der Waals surface area contributed by atoms with Crippen LogP contribution in [0.1, 0.15) is 28.2 Å². The molecule has 2 aliphatic heterocycles. The minimum atomic E-state index is -3.76. The molecule has 0 fully saturated rings. The highest BCUT2D eigenvalue weighted by Crippen LogP contribution is 2.34. The molecule has 0 spiro atoms. The molecule has 0 bridgehead atoms. The Labute approximate surface area is 188 Å². The van der Waals surface area contributed by atoms with E-state index in [0.29, 0.717) is 19.5 Å². The standard InChI is InChI=1S/C25H25N3O3S/c26-32(30,31)21-10-11-24-19(14-21)12-13-28(24)25(29)17-27-15-20-8-4-5-9-22(20)23(16-27)18-6-2-1-3-7-18/h1-11,14,23H,12-13,15-17H2,(H2,26,30,31). The number of hydrogen-bond acceptors (Lipinski definition) is 4. The van der Waals surface area contributed by atoms with E-state index in [1.54, 1.807) is 17.0 Å². The van der Waals surface area contributed by atoms with Crippen LogP contribution in [0.5, 0.6) is 0 Å². The molecule has 1 unspecified atom stereocenters. The number of primary sulfonamides is 1. The minimum Gasteiger partial charge on any atom is -0.311 e. The van der Waals surface area contributed by atoms with E-state index in [1.807, 2.05) is 12.1 Å². The third-order valence-electron chi connectivity index (χ3n) is 6.40. The van der Waals surface area contributed by atoms with Crippen LogP contribution < -0.4 is 10.0 Å². The van der Waals surface area contributed by atoms with E-state index in [1.165, 1.54) is 22.8 Å². The Morgan fingerprint density at radius 2 is 1.72 bits per heavy atom. The van der Waals surface area contributed by atoms with E-state index in [-0.39, 0.29) is 16.7 Å². The topological polar surface area (TPSA) is 83.7 Å². The molecule has 0 radical (unpaired) electrons. The fourth-order valence-corrected chi connectivity index (χ4v) is 5.43. The normalized spacial score (nSPS) is 18.3. The third kappa shape index (κ3) is 3.95. The van der Waals surface area contributed by atoms with Crippen molar-refractivity contribution in [2.75, 3.05) is 24.5 Å². The van der Waals surface area contributed by atoms with Crippen molar-refractivity contribution >= 4 is 21.6 Å². The number of carbonyl (C=O) groups excluding carboxylic acids is 1. The highest BCUT2D eigenvalue weighted by atomic mass is 32.2. The first kappa shape index (κ1) is 20.9. The molecule has 32 heavy (non-hydrogen) atoms. The summed E-state index contributed by atoms with van der Waals surface area (Å²) in [6.07, 6.45) is 0.625. The highest BCUT2D eigenvalue weighted by molar-refractivity contribution is 7.89. The molecule has 0 aliphatic carbocycles. The van der Waals surface area contributed by atoms with Crippen LogP contribution in [0.2, 0.25) is 0 Å². The van der Waals surface area contributed by atoms with Gasteiger partial charge in [0.15, 0.2) is 0 Å². The number of rotatable bonds is 4. The maximum absolute atomic E-state index is 13.3. The Morgan fingerprint density at radius 3 is 2.50 bits per heavy atom. The molecular formula is C25H25N3O3S. The molecule has 0 saturated carbocycles. The lowest BCUT2D eigenvalue weighted by Crippen LogP contribution is -2.43. The number of benzene rings is 3. The lowest BCUT2D eigenvalue weighted by Gasteiger charge is -2.35. The molecule has 1 amide bonds. The summed E-state index contributed by atoms with van der Waals surface area (Å²) in [5.74, 6) is 0.246. The summed E-state index contributed by atoms with van der Waals surface area (Å²) in [5.41, 5.74) is 5.44. The Morgan fingerprint density at radius 1 is 0.969 bits per heavy atom.